The van der Waals surface area contributed by atoms with Gasteiger partial charge in [-0.25, -0.2) is 0 Å². The number of nitrogens with zero attached hydrogens (tertiary/aromatic N) is 2. The van der Waals surface area contributed by atoms with Gasteiger partial charge in [-0.15, -0.1) is 11.8 Å². The minimum atomic E-state index is -0.164. The van der Waals surface area contributed by atoms with Crippen LogP contribution in [0.1, 0.15) is 6.42 Å². The quantitative estimate of drug-likeness (QED) is 0.800. The molecule has 3 heterocycles. The average molecular weight is 299 g/mol. The molecule has 1 aliphatic carbocycles. The van der Waals surface area contributed by atoms with Crippen LogP contribution in [0, 0.1) is 0 Å². The Labute approximate surface area is 128 Å². The van der Waals surface area contributed by atoms with Crippen LogP contribution >= 0.6 is 11.8 Å². The molecule has 3 aliphatic heterocycles. The van der Waals surface area contributed by atoms with Crippen LogP contribution in [-0.2, 0) is 4.79 Å². The van der Waals surface area contributed by atoms with Crippen LogP contribution in [-0.4, -0.2) is 47.9 Å². The summed E-state index contributed by atoms with van der Waals surface area (Å²) in [6.07, 6.45) is 11.0. The van der Waals surface area contributed by atoms with Gasteiger partial charge < -0.3 is 10.2 Å². The summed E-state index contributed by atoms with van der Waals surface area (Å²) >= 11 is 1.73. The van der Waals surface area contributed by atoms with Gasteiger partial charge >= 0.3 is 0 Å². The standard InChI is InChI=1S/C16H17N3OS/c20-15(19-9-7-17-8-10-19)12-11-21-16-5-2-1-3-14(16)18-6-4-13(12)16/h1-4,6,11,17H,5,7-10H2. The number of hydrogen-bond acceptors (Lipinski definition) is 4. The smallest absolute Gasteiger partial charge is 0.254 e. The molecule has 5 heteroatoms. The average Bonchev–Trinajstić information content (AvgIpc) is 2.93. The number of hydrogen-bond donors (Lipinski definition) is 1. The van der Waals surface area contributed by atoms with Crippen LogP contribution in [0.2, 0.25) is 0 Å². The van der Waals surface area contributed by atoms with E-state index in [-0.39, 0.29) is 10.7 Å². The number of dihydropyridines is 1. The van der Waals surface area contributed by atoms with Crippen molar-refractivity contribution in [1.82, 2.24) is 10.2 Å². The minimum absolute atomic E-state index is 0.163. The zero-order valence-electron chi connectivity index (χ0n) is 11.7. The number of piperazine rings is 1. The van der Waals surface area contributed by atoms with Gasteiger partial charge in [0.05, 0.1) is 16.0 Å². The molecule has 1 amide bonds. The van der Waals surface area contributed by atoms with Gasteiger partial charge in [-0.2, -0.15) is 0 Å². The number of nitrogens with one attached hydrogen (secondary N) is 1. The molecule has 0 bridgehead atoms. The highest BCUT2D eigenvalue weighted by Crippen LogP contribution is 2.54. The van der Waals surface area contributed by atoms with Gasteiger partial charge in [0.1, 0.15) is 0 Å². The molecule has 4 rings (SSSR count). The lowest BCUT2D eigenvalue weighted by Crippen LogP contribution is -2.47. The van der Waals surface area contributed by atoms with Gasteiger partial charge in [-0.05, 0) is 29.6 Å². The number of aliphatic imine (C=N–C) groups is 1. The largest absolute Gasteiger partial charge is 0.336 e. The third-order valence-corrected chi connectivity index (χ3v) is 5.75. The van der Waals surface area contributed by atoms with Crippen LogP contribution in [0.15, 0.2) is 51.5 Å². The number of rotatable bonds is 1. The van der Waals surface area contributed by atoms with Gasteiger partial charge in [0.2, 0.25) is 0 Å². The number of thioether (sulfide) groups is 1. The van der Waals surface area contributed by atoms with Crippen LogP contribution < -0.4 is 5.32 Å². The minimum Gasteiger partial charge on any atom is -0.336 e. The van der Waals surface area contributed by atoms with E-state index in [1.807, 2.05) is 22.6 Å². The Kier molecular flexibility index (Phi) is 3.12. The maximum absolute atomic E-state index is 12.8. The molecule has 1 atom stereocenters. The first kappa shape index (κ1) is 13.1. The lowest BCUT2D eigenvalue weighted by molar-refractivity contribution is -0.127. The fourth-order valence-corrected chi connectivity index (χ4v) is 4.55. The Morgan fingerprint density at radius 1 is 1.33 bits per heavy atom. The zero-order valence-corrected chi connectivity index (χ0v) is 12.5. The number of amides is 1. The summed E-state index contributed by atoms with van der Waals surface area (Å²) in [6.45, 7) is 3.34. The second-order valence-electron chi connectivity index (χ2n) is 5.56. The molecule has 108 valence electrons. The molecule has 0 radical (unpaired) electrons. The van der Waals surface area contributed by atoms with Crippen molar-refractivity contribution < 1.29 is 4.79 Å². The molecule has 0 aromatic carbocycles. The summed E-state index contributed by atoms with van der Waals surface area (Å²) in [5, 5.41) is 5.33. The van der Waals surface area contributed by atoms with Gasteiger partial charge in [0.25, 0.3) is 5.91 Å². The normalized spacial score (nSPS) is 30.3. The van der Waals surface area contributed by atoms with Crippen molar-refractivity contribution in [3.05, 3.63) is 46.6 Å². The summed E-state index contributed by atoms with van der Waals surface area (Å²) < 4.78 is -0.164. The van der Waals surface area contributed by atoms with Crippen molar-refractivity contribution in [2.24, 2.45) is 4.99 Å². The molecule has 4 nitrogen and oxygen atoms in total. The Balaban J connectivity index is 1.65. The van der Waals surface area contributed by atoms with E-state index >= 15 is 0 Å². The summed E-state index contributed by atoms with van der Waals surface area (Å²) in [6, 6.07) is 0. The highest BCUT2D eigenvalue weighted by Gasteiger charge is 2.47. The maximum atomic E-state index is 12.8. The van der Waals surface area contributed by atoms with Crippen molar-refractivity contribution in [2.75, 3.05) is 26.2 Å². The van der Waals surface area contributed by atoms with Crippen LogP contribution in [0.3, 0.4) is 0 Å². The number of carbonyl (C=O) groups is 1. The Morgan fingerprint density at radius 3 is 3.05 bits per heavy atom. The fourth-order valence-electron chi connectivity index (χ4n) is 3.26. The maximum Gasteiger partial charge on any atom is 0.254 e. The molecule has 0 aromatic rings. The summed E-state index contributed by atoms with van der Waals surface area (Å²) in [5.41, 5.74) is 3.04. The number of carbonyl (C=O) groups excluding carboxylic acids is 1. The van der Waals surface area contributed by atoms with E-state index in [1.54, 1.807) is 11.8 Å². The Bertz CT molecular complexity index is 638. The van der Waals surface area contributed by atoms with E-state index in [9.17, 15) is 4.79 Å². The third-order valence-electron chi connectivity index (χ3n) is 4.40. The summed E-state index contributed by atoms with van der Waals surface area (Å²) in [5.74, 6) is 0.163. The van der Waals surface area contributed by atoms with E-state index in [0.29, 0.717) is 0 Å². The van der Waals surface area contributed by atoms with E-state index in [0.717, 1.165) is 49.4 Å². The van der Waals surface area contributed by atoms with E-state index in [1.165, 1.54) is 0 Å². The molecule has 1 unspecified atom stereocenters. The molecule has 0 aromatic heterocycles. The van der Waals surface area contributed by atoms with Crippen molar-refractivity contribution >= 4 is 23.9 Å². The topological polar surface area (TPSA) is 44.7 Å². The second-order valence-corrected chi connectivity index (χ2v) is 6.73. The summed E-state index contributed by atoms with van der Waals surface area (Å²) in [4.78, 5) is 19.3. The molecule has 1 fully saturated rings. The first-order valence-corrected chi connectivity index (χ1v) is 8.20. The second kappa shape index (κ2) is 5.00. The zero-order chi connectivity index (χ0) is 14.3. The van der Waals surface area contributed by atoms with Gasteiger partial charge in [-0.1, -0.05) is 12.2 Å². The van der Waals surface area contributed by atoms with Gasteiger partial charge in [0, 0.05) is 32.4 Å². The highest BCUT2D eigenvalue weighted by molar-refractivity contribution is 8.04. The van der Waals surface area contributed by atoms with E-state index in [4.69, 9.17) is 0 Å². The number of allylic oxidation sites excluding steroid dienone is 4. The van der Waals surface area contributed by atoms with Crippen LogP contribution in [0.25, 0.3) is 0 Å². The first-order chi connectivity index (χ1) is 10.3. The van der Waals surface area contributed by atoms with Crippen LogP contribution in [0.4, 0.5) is 0 Å². The fraction of sp³-hybridized carbons (Fsp3) is 0.375. The predicted molar refractivity (Wildman–Crippen MR) is 86.3 cm³/mol. The first-order valence-electron chi connectivity index (χ1n) is 7.32. The molecule has 1 spiro atoms. The van der Waals surface area contributed by atoms with Crippen molar-refractivity contribution in [3.8, 4) is 0 Å². The molecule has 0 saturated carbocycles. The highest BCUT2D eigenvalue weighted by atomic mass is 32.2. The Hall–Kier alpha value is -1.59. The molecule has 4 aliphatic rings. The predicted octanol–water partition coefficient (Wildman–Crippen LogP) is 1.64. The van der Waals surface area contributed by atoms with Gasteiger partial charge in [0.15, 0.2) is 0 Å². The van der Waals surface area contributed by atoms with E-state index in [2.05, 4.69) is 28.5 Å². The Morgan fingerprint density at radius 2 is 2.19 bits per heavy atom. The van der Waals surface area contributed by atoms with Gasteiger partial charge in [-0.3, -0.25) is 9.79 Å². The van der Waals surface area contributed by atoms with Crippen molar-refractivity contribution in [2.45, 2.75) is 11.2 Å². The summed E-state index contributed by atoms with van der Waals surface area (Å²) in [7, 11) is 0. The molecule has 21 heavy (non-hydrogen) atoms. The van der Waals surface area contributed by atoms with Crippen LogP contribution in [0.5, 0.6) is 0 Å². The SMILES string of the molecule is O=C(C1=CSC23CC=CC=C2N=CC=C13)N1CCNCC1. The molecule has 1 saturated heterocycles. The molecular formula is C16H17N3OS. The lowest BCUT2D eigenvalue weighted by Gasteiger charge is -2.35. The van der Waals surface area contributed by atoms with Crippen molar-refractivity contribution in [3.63, 3.8) is 0 Å². The lowest BCUT2D eigenvalue weighted by atomic mass is 9.83. The van der Waals surface area contributed by atoms with E-state index < -0.39 is 0 Å². The monoisotopic (exact) mass is 299 g/mol. The third kappa shape index (κ3) is 1.95. The molecule has 1 N–H and O–H groups in total. The van der Waals surface area contributed by atoms with Crippen molar-refractivity contribution in [1.29, 1.82) is 0 Å². The molecular weight excluding hydrogens is 282 g/mol.